The Bertz CT molecular complexity index is 202. The summed E-state index contributed by atoms with van der Waals surface area (Å²) in [5, 5.41) is 3.54. The zero-order valence-corrected chi connectivity index (χ0v) is 12.7. The standard InChI is InChI=1S/C16H33N/c1-6-8-15(17-5)13-9-11-14(12-10-13)16(3,4)7-2/h13-15,17H,6-12H2,1-5H3. The quantitative estimate of drug-likeness (QED) is 0.713. The highest BCUT2D eigenvalue weighted by Gasteiger charge is 2.33. The summed E-state index contributed by atoms with van der Waals surface area (Å²) in [6, 6.07) is 0.769. The molecule has 0 bridgehead atoms. The van der Waals surface area contributed by atoms with E-state index >= 15 is 0 Å². The van der Waals surface area contributed by atoms with Crippen molar-refractivity contribution in [3.8, 4) is 0 Å². The highest BCUT2D eigenvalue weighted by Crippen LogP contribution is 2.43. The molecule has 0 aliphatic heterocycles. The minimum absolute atomic E-state index is 0.560. The fourth-order valence-corrected chi connectivity index (χ4v) is 3.52. The maximum absolute atomic E-state index is 3.54. The number of hydrogen-bond acceptors (Lipinski definition) is 1. The molecular weight excluding hydrogens is 206 g/mol. The second-order valence-corrected chi connectivity index (χ2v) is 6.64. The zero-order valence-electron chi connectivity index (χ0n) is 12.7. The van der Waals surface area contributed by atoms with E-state index in [0.717, 1.165) is 17.9 Å². The van der Waals surface area contributed by atoms with Gasteiger partial charge in [0.1, 0.15) is 0 Å². The third-order valence-electron chi connectivity index (χ3n) is 5.33. The first-order valence-electron chi connectivity index (χ1n) is 7.72. The summed E-state index contributed by atoms with van der Waals surface area (Å²) in [6.07, 6.45) is 9.78. The van der Waals surface area contributed by atoms with Crippen LogP contribution in [0.1, 0.15) is 72.6 Å². The lowest BCUT2D eigenvalue weighted by molar-refractivity contribution is 0.114. The van der Waals surface area contributed by atoms with E-state index in [2.05, 4.69) is 40.1 Å². The van der Waals surface area contributed by atoms with Gasteiger partial charge in [-0.2, -0.15) is 0 Å². The lowest BCUT2D eigenvalue weighted by Gasteiger charge is -2.41. The normalized spacial score (nSPS) is 28.1. The van der Waals surface area contributed by atoms with E-state index in [4.69, 9.17) is 0 Å². The summed E-state index contributed by atoms with van der Waals surface area (Å²) >= 11 is 0. The molecule has 0 aromatic heterocycles. The molecule has 0 aromatic carbocycles. The van der Waals surface area contributed by atoms with E-state index in [1.54, 1.807) is 0 Å². The smallest absolute Gasteiger partial charge is 0.00922 e. The van der Waals surface area contributed by atoms with Crippen LogP contribution in [0.15, 0.2) is 0 Å². The summed E-state index contributed by atoms with van der Waals surface area (Å²) in [5.41, 5.74) is 0.560. The van der Waals surface area contributed by atoms with Gasteiger partial charge in [-0.05, 0) is 56.4 Å². The Morgan fingerprint density at radius 1 is 1.12 bits per heavy atom. The Labute approximate surface area is 109 Å². The van der Waals surface area contributed by atoms with Crippen molar-refractivity contribution in [3.05, 3.63) is 0 Å². The van der Waals surface area contributed by atoms with Gasteiger partial charge in [0.2, 0.25) is 0 Å². The Hall–Kier alpha value is -0.0400. The van der Waals surface area contributed by atoms with Gasteiger partial charge in [0.05, 0.1) is 0 Å². The summed E-state index contributed by atoms with van der Waals surface area (Å²) in [7, 11) is 2.14. The molecule has 1 rings (SSSR count). The summed E-state index contributed by atoms with van der Waals surface area (Å²) in [4.78, 5) is 0. The number of nitrogens with one attached hydrogen (secondary N) is 1. The molecule has 0 saturated heterocycles. The molecule has 0 radical (unpaired) electrons. The highest BCUT2D eigenvalue weighted by atomic mass is 14.9. The molecule has 0 aromatic rings. The first kappa shape index (κ1) is 15.0. The van der Waals surface area contributed by atoms with Gasteiger partial charge < -0.3 is 5.32 Å². The minimum atomic E-state index is 0.560. The van der Waals surface area contributed by atoms with Crippen molar-refractivity contribution >= 4 is 0 Å². The van der Waals surface area contributed by atoms with Crippen LogP contribution in [-0.4, -0.2) is 13.1 Å². The van der Waals surface area contributed by atoms with E-state index in [0.29, 0.717) is 5.41 Å². The van der Waals surface area contributed by atoms with Crippen LogP contribution < -0.4 is 5.32 Å². The van der Waals surface area contributed by atoms with Crippen molar-refractivity contribution in [2.24, 2.45) is 17.3 Å². The van der Waals surface area contributed by atoms with Gasteiger partial charge in [-0.15, -0.1) is 0 Å². The van der Waals surface area contributed by atoms with Crippen LogP contribution in [0.25, 0.3) is 0 Å². The van der Waals surface area contributed by atoms with Crippen molar-refractivity contribution < 1.29 is 0 Å². The molecule has 17 heavy (non-hydrogen) atoms. The second-order valence-electron chi connectivity index (χ2n) is 6.64. The van der Waals surface area contributed by atoms with Gasteiger partial charge in [-0.3, -0.25) is 0 Å². The van der Waals surface area contributed by atoms with Crippen LogP contribution in [0.2, 0.25) is 0 Å². The Morgan fingerprint density at radius 2 is 1.71 bits per heavy atom. The Balaban J connectivity index is 2.44. The SMILES string of the molecule is CCCC(NC)C1CCC(C(C)(C)CC)CC1. The largest absolute Gasteiger partial charge is 0.317 e. The van der Waals surface area contributed by atoms with Crippen molar-refractivity contribution in [3.63, 3.8) is 0 Å². The van der Waals surface area contributed by atoms with Crippen LogP contribution in [0.3, 0.4) is 0 Å². The Morgan fingerprint density at radius 3 is 2.12 bits per heavy atom. The zero-order chi connectivity index (χ0) is 12.9. The molecular formula is C16H33N. The molecule has 1 aliphatic carbocycles. The molecule has 1 fully saturated rings. The van der Waals surface area contributed by atoms with Crippen LogP contribution >= 0.6 is 0 Å². The Kier molecular flexibility index (Phi) is 5.99. The van der Waals surface area contributed by atoms with Crippen LogP contribution in [0, 0.1) is 17.3 Å². The van der Waals surface area contributed by atoms with Crippen molar-refractivity contribution in [1.82, 2.24) is 5.32 Å². The van der Waals surface area contributed by atoms with Crippen LogP contribution in [-0.2, 0) is 0 Å². The van der Waals surface area contributed by atoms with Gasteiger partial charge in [0, 0.05) is 6.04 Å². The van der Waals surface area contributed by atoms with Gasteiger partial charge in [0.15, 0.2) is 0 Å². The average molecular weight is 239 g/mol. The molecule has 1 nitrogen and oxygen atoms in total. The van der Waals surface area contributed by atoms with E-state index in [9.17, 15) is 0 Å². The second kappa shape index (κ2) is 6.78. The fraction of sp³-hybridized carbons (Fsp3) is 1.00. The van der Waals surface area contributed by atoms with Gasteiger partial charge >= 0.3 is 0 Å². The predicted octanol–water partition coefficient (Wildman–Crippen LogP) is 4.62. The molecule has 1 saturated carbocycles. The number of rotatable bonds is 6. The van der Waals surface area contributed by atoms with E-state index in [-0.39, 0.29) is 0 Å². The van der Waals surface area contributed by atoms with Gasteiger partial charge in [-0.1, -0.05) is 40.5 Å². The van der Waals surface area contributed by atoms with E-state index < -0.39 is 0 Å². The predicted molar refractivity (Wildman–Crippen MR) is 77.3 cm³/mol. The molecule has 1 atom stereocenters. The van der Waals surface area contributed by atoms with E-state index in [1.165, 1.54) is 44.9 Å². The lowest BCUT2D eigenvalue weighted by Crippen LogP contribution is -2.37. The van der Waals surface area contributed by atoms with Crippen LogP contribution in [0.4, 0.5) is 0 Å². The maximum Gasteiger partial charge on any atom is 0.00922 e. The van der Waals surface area contributed by atoms with E-state index in [1.807, 2.05) is 0 Å². The first-order valence-corrected chi connectivity index (χ1v) is 7.72. The monoisotopic (exact) mass is 239 g/mol. The molecule has 1 aliphatic rings. The third-order valence-corrected chi connectivity index (χ3v) is 5.33. The van der Waals surface area contributed by atoms with Crippen molar-refractivity contribution in [1.29, 1.82) is 0 Å². The van der Waals surface area contributed by atoms with Gasteiger partial charge in [-0.25, -0.2) is 0 Å². The molecule has 1 N–H and O–H groups in total. The molecule has 0 spiro atoms. The molecule has 0 amide bonds. The molecule has 0 heterocycles. The topological polar surface area (TPSA) is 12.0 Å². The molecule has 1 heteroatoms. The summed E-state index contributed by atoms with van der Waals surface area (Å²) < 4.78 is 0. The average Bonchev–Trinajstić information content (AvgIpc) is 2.36. The molecule has 102 valence electrons. The fourth-order valence-electron chi connectivity index (χ4n) is 3.52. The lowest BCUT2D eigenvalue weighted by atomic mass is 9.66. The first-order chi connectivity index (χ1) is 8.05. The summed E-state index contributed by atoms with van der Waals surface area (Å²) in [5.74, 6) is 1.90. The van der Waals surface area contributed by atoms with Crippen molar-refractivity contribution in [2.45, 2.75) is 78.7 Å². The van der Waals surface area contributed by atoms with Crippen LogP contribution in [0.5, 0.6) is 0 Å². The molecule has 1 unspecified atom stereocenters. The highest BCUT2D eigenvalue weighted by molar-refractivity contribution is 4.86. The van der Waals surface area contributed by atoms with Crippen molar-refractivity contribution in [2.75, 3.05) is 7.05 Å². The maximum atomic E-state index is 3.54. The summed E-state index contributed by atoms with van der Waals surface area (Å²) in [6.45, 7) is 9.56. The number of hydrogen-bond donors (Lipinski definition) is 1. The van der Waals surface area contributed by atoms with Gasteiger partial charge in [0.25, 0.3) is 0 Å². The minimum Gasteiger partial charge on any atom is -0.317 e. The third kappa shape index (κ3) is 3.98.